The zero-order chi connectivity index (χ0) is 32.8. The van der Waals surface area contributed by atoms with Crippen LogP contribution in [0.25, 0.3) is 44.2 Å². The molecule has 5 rings (SSSR count). The van der Waals surface area contributed by atoms with Crippen LogP contribution in [0.5, 0.6) is 0 Å². The van der Waals surface area contributed by atoms with Crippen LogP contribution >= 0.6 is 0 Å². The molecule has 0 unspecified atom stereocenters. The fourth-order valence-electron chi connectivity index (χ4n) is 5.12. The molecule has 5 aromatic carbocycles. The fraction of sp³-hybridized carbons (Fsp3) is 0.152. The van der Waals surface area contributed by atoms with Crippen molar-refractivity contribution in [1.29, 1.82) is 0 Å². The highest BCUT2D eigenvalue weighted by Crippen LogP contribution is 2.41. The fourth-order valence-corrected chi connectivity index (χ4v) is 5.12. The molecule has 0 saturated carbocycles. The second-order valence-electron chi connectivity index (χ2n) is 10.2. The highest BCUT2D eigenvalue weighted by molar-refractivity contribution is 5.88. The van der Waals surface area contributed by atoms with E-state index in [9.17, 15) is 30.7 Å². The lowest BCUT2D eigenvalue weighted by Gasteiger charge is -2.20. The summed E-state index contributed by atoms with van der Waals surface area (Å²) < 4.78 is 156. The van der Waals surface area contributed by atoms with Gasteiger partial charge in [0.2, 0.25) is 0 Å². The van der Waals surface area contributed by atoms with Gasteiger partial charge >= 0.3 is 12.5 Å². The van der Waals surface area contributed by atoms with E-state index in [1.165, 1.54) is 0 Å². The molecule has 0 atom stereocenters. The maximum Gasteiger partial charge on any atom is 0.527 e. The van der Waals surface area contributed by atoms with E-state index < -0.39 is 75.2 Å². The number of ether oxygens (including phenoxy) is 1. The quantitative estimate of drug-likeness (QED) is 0.161. The summed E-state index contributed by atoms with van der Waals surface area (Å²) in [6.07, 6.45) is -9.65. The monoisotopic (exact) mass is 640 g/mol. The number of benzene rings is 5. The normalized spacial score (nSPS) is 12.3. The Hall–Kier alpha value is -4.45. The summed E-state index contributed by atoms with van der Waals surface area (Å²) in [5.41, 5.74) is -4.41. The van der Waals surface area contributed by atoms with Crippen LogP contribution in [0.4, 0.5) is 48.3 Å². The van der Waals surface area contributed by atoms with E-state index in [1.807, 2.05) is 25.1 Å². The lowest BCUT2D eigenvalue weighted by molar-refractivity contribution is -0.432. The first kappa shape index (κ1) is 32.0. The van der Waals surface area contributed by atoms with E-state index in [1.54, 1.807) is 18.2 Å². The molecule has 0 heterocycles. The highest BCUT2D eigenvalue weighted by Gasteiger charge is 2.49. The maximum atomic E-state index is 15.3. The highest BCUT2D eigenvalue weighted by atomic mass is 19.4. The molecule has 0 radical (unpaired) electrons. The summed E-state index contributed by atoms with van der Waals surface area (Å²) in [4.78, 5) is 0. The first-order valence-corrected chi connectivity index (χ1v) is 13.2. The summed E-state index contributed by atoms with van der Waals surface area (Å²) in [5.74, 6) is -10.2. The van der Waals surface area contributed by atoms with Gasteiger partial charge in [-0.25, -0.2) is 31.1 Å². The predicted molar refractivity (Wildman–Crippen MR) is 145 cm³/mol. The second-order valence-corrected chi connectivity index (χ2v) is 10.2. The molecule has 5 aromatic rings. The number of aryl methyl sites for hydroxylation is 1. The molecular weight excluding hydrogens is 621 g/mol. The Morgan fingerprint density at radius 1 is 0.511 bits per heavy atom. The van der Waals surface area contributed by atoms with Crippen molar-refractivity contribution in [2.24, 2.45) is 0 Å². The van der Waals surface area contributed by atoms with Crippen LogP contribution < -0.4 is 0 Å². The molecule has 45 heavy (non-hydrogen) atoms. The van der Waals surface area contributed by atoms with Gasteiger partial charge in [-0.15, -0.1) is 13.2 Å². The average molecular weight is 640 g/mol. The number of halogens is 11. The van der Waals surface area contributed by atoms with Crippen molar-refractivity contribution >= 4 is 10.8 Å². The number of alkyl halides is 5. The van der Waals surface area contributed by atoms with Gasteiger partial charge in [0.25, 0.3) is 0 Å². The second kappa shape index (κ2) is 11.8. The zero-order valence-corrected chi connectivity index (χ0v) is 22.9. The SMILES string of the molecule is CCCc1ccc2cc(-c3cc(F)c(-c4cc(F)c(-c5cc(F)c(C(F)(F)OC(F)(F)F)c(F)c5)c(F)c4)c(F)c3)ccc2c1. The largest absolute Gasteiger partial charge is 0.527 e. The summed E-state index contributed by atoms with van der Waals surface area (Å²) in [7, 11) is 0. The van der Waals surface area contributed by atoms with Crippen molar-refractivity contribution in [3.8, 4) is 33.4 Å². The van der Waals surface area contributed by atoms with Gasteiger partial charge in [-0.05, 0) is 87.5 Å². The molecule has 0 aliphatic heterocycles. The predicted octanol–water partition coefficient (Wildman–Crippen LogP) is 11.2. The van der Waals surface area contributed by atoms with Gasteiger partial charge in [0.05, 0.1) is 11.1 Å². The molecule has 12 heteroatoms. The van der Waals surface area contributed by atoms with Gasteiger partial charge in [-0.1, -0.05) is 43.7 Å². The van der Waals surface area contributed by atoms with E-state index in [0.717, 1.165) is 41.3 Å². The smallest absolute Gasteiger partial charge is 0.222 e. The Bertz CT molecular complexity index is 1860. The third kappa shape index (κ3) is 6.51. The standard InChI is InChI=1S/C33H19F11O/c1-2-3-16-4-5-18-9-19(7-6-17(18)8-16)20-10-23(34)29(24(35)11-20)21-12-25(36)30(26(37)13-21)22-14-27(38)31(28(39)15-22)32(40,41)45-33(42,43)44/h4-15H,2-3H2,1H3. The Labute approximate surface area is 248 Å². The molecule has 0 spiro atoms. The Balaban J connectivity index is 1.50. The van der Waals surface area contributed by atoms with Crippen molar-refractivity contribution in [3.05, 3.63) is 119 Å². The van der Waals surface area contributed by atoms with Crippen LogP contribution in [0.3, 0.4) is 0 Å². The van der Waals surface area contributed by atoms with E-state index in [2.05, 4.69) is 4.74 Å². The molecular formula is C33H19F11O. The molecule has 0 aliphatic carbocycles. The van der Waals surface area contributed by atoms with Gasteiger partial charge in [0.15, 0.2) is 0 Å². The Kier molecular flexibility index (Phi) is 8.39. The van der Waals surface area contributed by atoms with Gasteiger partial charge in [0, 0.05) is 0 Å². The van der Waals surface area contributed by atoms with Crippen LogP contribution in [0, 0.1) is 34.9 Å². The van der Waals surface area contributed by atoms with Crippen molar-refractivity contribution in [2.45, 2.75) is 32.2 Å². The summed E-state index contributed by atoms with van der Waals surface area (Å²) in [6, 6.07) is 13.8. The summed E-state index contributed by atoms with van der Waals surface area (Å²) in [6.45, 7) is 2.05. The van der Waals surface area contributed by atoms with Gasteiger partial charge in [-0.3, -0.25) is 0 Å². The van der Waals surface area contributed by atoms with E-state index in [-0.39, 0.29) is 17.7 Å². The first-order chi connectivity index (χ1) is 21.1. The average Bonchev–Trinajstić information content (AvgIpc) is 2.90. The van der Waals surface area contributed by atoms with Crippen molar-refractivity contribution in [1.82, 2.24) is 0 Å². The van der Waals surface area contributed by atoms with Crippen LogP contribution in [-0.2, 0) is 17.3 Å². The van der Waals surface area contributed by atoms with Crippen LogP contribution in [0.15, 0.2) is 72.8 Å². The minimum absolute atomic E-state index is 0.0304. The number of rotatable bonds is 7. The minimum Gasteiger partial charge on any atom is -0.222 e. The van der Waals surface area contributed by atoms with Crippen LogP contribution in [0.1, 0.15) is 24.5 Å². The molecule has 0 amide bonds. The van der Waals surface area contributed by atoms with Crippen LogP contribution in [0.2, 0.25) is 0 Å². The van der Waals surface area contributed by atoms with Gasteiger partial charge in [-0.2, -0.15) is 8.78 Å². The lowest BCUT2D eigenvalue weighted by atomic mass is 9.94. The molecule has 0 bridgehead atoms. The van der Waals surface area contributed by atoms with Gasteiger partial charge in [0.1, 0.15) is 40.5 Å². The number of fused-ring (bicyclic) bond motifs is 1. The van der Waals surface area contributed by atoms with Crippen molar-refractivity contribution in [2.75, 3.05) is 0 Å². The molecule has 0 fully saturated rings. The summed E-state index contributed by atoms with van der Waals surface area (Å²) >= 11 is 0. The Morgan fingerprint density at radius 2 is 0.956 bits per heavy atom. The van der Waals surface area contributed by atoms with Crippen molar-refractivity contribution in [3.63, 3.8) is 0 Å². The van der Waals surface area contributed by atoms with E-state index >= 15 is 17.6 Å². The lowest BCUT2D eigenvalue weighted by Crippen LogP contribution is -2.29. The maximum absolute atomic E-state index is 15.3. The van der Waals surface area contributed by atoms with E-state index in [0.29, 0.717) is 17.7 Å². The van der Waals surface area contributed by atoms with Gasteiger partial charge < -0.3 is 0 Å². The van der Waals surface area contributed by atoms with E-state index in [4.69, 9.17) is 0 Å². The molecule has 1 nitrogen and oxygen atoms in total. The zero-order valence-electron chi connectivity index (χ0n) is 22.9. The molecule has 0 saturated heterocycles. The molecule has 0 aromatic heterocycles. The third-order valence-corrected chi connectivity index (χ3v) is 7.02. The first-order valence-electron chi connectivity index (χ1n) is 13.2. The minimum atomic E-state index is -5.98. The summed E-state index contributed by atoms with van der Waals surface area (Å²) in [5, 5.41) is 1.74. The molecule has 0 N–H and O–H groups in total. The Morgan fingerprint density at radius 3 is 1.44 bits per heavy atom. The number of hydrogen-bond donors (Lipinski definition) is 0. The molecule has 234 valence electrons. The van der Waals surface area contributed by atoms with Crippen LogP contribution in [-0.4, -0.2) is 6.36 Å². The third-order valence-electron chi connectivity index (χ3n) is 7.02. The topological polar surface area (TPSA) is 9.23 Å². The van der Waals surface area contributed by atoms with Crippen molar-refractivity contribution < 1.29 is 53.0 Å². The molecule has 0 aliphatic rings. The number of hydrogen-bond acceptors (Lipinski definition) is 1.